The van der Waals surface area contributed by atoms with Crippen LogP contribution in [0, 0.1) is 13.8 Å². The first-order valence-electron chi connectivity index (χ1n) is 6.18. The van der Waals surface area contributed by atoms with E-state index in [-0.39, 0.29) is 6.54 Å². The molecule has 0 aliphatic rings. The summed E-state index contributed by atoms with van der Waals surface area (Å²) in [6.45, 7) is 5.25. The van der Waals surface area contributed by atoms with Gasteiger partial charge in [0.15, 0.2) is 6.04 Å². The van der Waals surface area contributed by atoms with E-state index in [0.717, 1.165) is 17.0 Å². The molecule has 1 rings (SSSR count). The summed E-state index contributed by atoms with van der Waals surface area (Å²) in [5.74, 6) is -1.29. The van der Waals surface area contributed by atoms with E-state index in [1.54, 1.807) is 11.7 Å². The van der Waals surface area contributed by atoms with Crippen molar-refractivity contribution in [2.75, 3.05) is 0 Å². The Hall–Kier alpha value is -2.09. The summed E-state index contributed by atoms with van der Waals surface area (Å²) < 4.78 is 1.71. The summed E-state index contributed by atoms with van der Waals surface area (Å²) >= 11 is 0. The van der Waals surface area contributed by atoms with E-state index in [0.29, 0.717) is 0 Å². The number of aromatic nitrogens is 2. The van der Waals surface area contributed by atoms with Crippen molar-refractivity contribution in [3.05, 3.63) is 17.0 Å². The Morgan fingerprint density at radius 3 is 2.40 bits per heavy atom. The van der Waals surface area contributed by atoms with Gasteiger partial charge in [0.2, 0.25) is 0 Å². The Kier molecular flexibility index (Phi) is 5.09. The zero-order chi connectivity index (χ0) is 15.4. The predicted molar refractivity (Wildman–Crippen MR) is 71.2 cm³/mol. The number of nitrogens with one attached hydrogen (secondary N) is 2. The molecule has 0 radical (unpaired) electrons. The van der Waals surface area contributed by atoms with Gasteiger partial charge in [-0.05, 0) is 20.8 Å². The van der Waals surface area contributed by atoms with E-state index in [4.69, 9.17) is 5.11 Å². The number of carbonyl (C=O) groups is 2. The van der Waals surface area contributed by atoms with Gasteiger partial charge >= 0.3 is 12.0 Å². The molecule has 2 amide bonds. The minimum atomic E-state index is -1.34. The first-order valence-corrected chi connectivity index (χ1v) is 6.18. The van der Waals surface area contributed by atoms with Crippen molar-refractivity contribution in [3.8, 4) is 0 Å². The number of aliphatic carboxylic acids is 1. The highest BCUT2D eigenvalue weighted by Crippen LogP contribution is 2.10. The van der Waals surface area contributed by atoms with E-state index >= 15 is 0 Å². The largest absolute Gasteiger partial charge is 0.480 e. The highest BCUT2D eigenvalue weighted by atomic mass is 16.4. The molecule has 0 unspecified atom stereocenters. The van der Waals surface area contributed by atoms with Gasteiger partial charge in [-0.2, -0.15) is 5.10 Å². The molecule has 20 heavy (non-hydrogen) atoms. The van der Waals surface area contributed by atoms with Crippen LogP contribution in [-0.4, -0.2) is 44.1 Å². The maximum Gasteiger partial charge on any atom is 0.328 e. The molecule has 1 heterocycles. The van der Waals surface area contributed by atoms with Gasteiger partial charge < -0.3 is 20.8 Å². The van der Waals surface area contributed by atoms with Crippen LogP contribution >= 0.6 is 0 Å². The number of rotatable bonds is 5. The van der Waals surface area contributed by atoms with Crippen molar-refractivity contribution < 1.29 is 19.8 Å². The van der Waals surface area contributed by atoms with Crippen molar-refractivity contribution in [1.29, 1.82) is 0 Å². The lowest BCUT2D eigenvalue weighted by Crippen LogP contribution is -2.51. The van der Waals surface area contributed by atoms with Crippen LogP contribution in [0.15, 0.2) is 0 Å². The molecule has 1 aromatic heterocycles. The Morgan fingerprint density at radius 2 is 2.00 bits per heavy atom. The number of hydrogen-bond acceptors (Lipinski definition) is 4. The molecule has 0 aromatic carbocycles. The van der Waals surface area contributed by atoms with Gasteiger partial charge in [-0.15, -0.1) is 0 Å². The zero-order valence-corrected chi connectivity index (χ0v) is 12.0. The van der Waals surface area contributed by atoms with Gasteiger partial charge in [0.1, 0.15) is 0 Å². The highest BCUT2D eigenvalue weighted by Gasteiger charge is 2.24. The minimum absolute atomic E-state index is 0.240. The Bertz CT molecular complexity index is 510. The maximum atomic E-state index is 11.6. The highest BCUT2D eigenvalue weighted by molar-refractivity contribution is 5.82. The van der Waals surface area contributed by atoms with Crippen LogP contribution in [0.2, 0.25) is 0 Å². The van der Waals surface area contributed by atoms with E-state index < -0.39 is 24.1 Å². The van der Waals surface area contributed by atoms with Crippen LogP contribution in [0.25, 0.3) is 0 Å². The molecule has 1 aromatic rings. The predicted octanol–water partition coefficient (Wildman–Crippen LogP) is -0.330. The molecule has 0 bridgehead atoms. The van der Waals surface area contributed by atoms with Crippen LogP contribution in [0.3, 0.4) is 0 Å². The Balaban J connectivity index is 2.61. The summed E-state index contributed by atoms with van der Waals surface area (Å²) in [4.78, 5) is 22.5. The van der Waals surface area contributed by atoms with Crippen LogP contribution < -0.4 is 10.6 Å². The number of hydrogen-bond donors (Lipinski definition) is 4. The van der Waals surface area contributed by atoms with Crippen LogP contribution in [0.4, 0.5) is 4.79 Å². The molecule has 0 spiro atoms. The molecule has 112 valence electrons. The van der Waals surface area contributed by atoms with E-state index in [9.17, 15) is 14.7 Å². The summed E-state index contributed by atoms with van der Waals surface area (Å²) in [6, 6.07) is -1.99. The number of carboxylic acid groups (broad SMARTS) is 1. The third-order valence-electron chi connectivity index (χ3n) is 3.12. The lowest BCUT2D eigenvalue weighted by Gasteiger charge is -2.17. The summed E-state index contributed by atoms with van der Waals surface area (Å²) in [5.41, 5.74) is 2.61. The standard InChI is InChI=1S/C12H20N4O4/c1-6-9(7(2)16(4)15-6)5-13-12(20)14-10(8(3)17)11(18)19/h8,10,17H,5H2,1-4H3,(H,18,19)(H2,13,14,20)/t8-,10+/m1/s1. The summed E-state index contributed by atoms with van der Waals surface area (Å²) in [6.07, 6.45) is -1.18. The molecule has 8 heteroatoms. The quantitative estimate of drug-likeness (QED) is 0.591. The van der Waals surface area contributed by atoms with Gasteiger partial charge in [0, 0.05) is 24.8 Å². The van der Waals surface area contributed by atoms with Crippen LogP contribution in [0.1, 0.15) is 23.9 Å². The van der Waals surface area contributed by atoms with Crippen molar-refractivity contribution in [1.82, 2.24) is 20.4 Å². The third kappa shape index (κ3) is 3.70. The first kappa shape index (κ1) is 16.0. The number of carbonyl (C=O) groups excluding carboxylic acids is 1. The monoisotopic (exact) mass is 284 g/mol. The van der Waals surface area contributed by atoms with E-state index in [1.165, 1.54) is 6.92 Å². The fourth-order valence-electron chi connectivity index (χ4n) is 1.82. The second-order valence-corrected chi connectivity index (χ2v) is 4.66. The van der Waals surface area contributed by atoms with Gasteiger partial charge in [-0.1, -0.05) is 0 Å². The number of aliphatic hydroxyl groups excluding tert-OH is 1. The molecule has 2 atom stereocenters. The average Bonchev–Trinajstić information content (AvgIpc) is 2.57. The number of nitrogens with zero attached hydrogens (tertiary/aromatic N) is 2. The zero-order valence-electron chi connectivity index (χ0n) is 12.0. The number of aryl methyl sites for hydroxylation is 2. The number of carboxylic acids is 1. The third-order valence-corrected chi connectivity index (χ3v) is 3.12. The lowest BCUT2D eigenvalue weighted by molar-refractivity contribution is -0.141. The molecular weight excluding hydrogens is 264 g/mol. The van der Waals surface area contributed by atoms with E-state index in [1.807, 2.05) is 13.8 Å². The fourth-order valence-corrected chi connectivity index (χ4v) is 1.82. The number of aliphatic hydroxyl groups is 1. The second kappa shape index (κ2) is 6.38. The number of urea groups is 1. The lowest BCUT2D eigenvalue weighted by atomic mass is 10.2. The van der Waals surface area contributed by atoms with Crippen molar-refractivity contribution in [2.24, 2.45) is 7.05 Å². The molecular formula is C12H20N4O4. The Morgan fingerprint density at radius 1 is 1.40 bits per heavy atom. The number of amides is 2. The summed E-state index contributed by atoms with van der Waals surface area (Å²) in [5, 5.41) is 27.1. The molecule has 8 nitrogen and oxygen atoms in total. The van der Waals surface area contributed by atoms with Crippen molar-refractivity contribution >= 4 is 12.0 Å². The smallest absolute Gasteiger partial charge is 0.328 e. The van der Waals surface area contributed by atoms with Crippen LogP contribution in [-0.2, 0) is 18.4 Å². The first-order chi connectivity index (χ1) is 9.23. The van der Waals surface area contributed by atoms with Crippen molar-refractivity contribution in [3.63, 3.8) is 0 Å². The summed E-state index contributed by atoms with van der Waals surface area (Å²) in [7, 11) is 1.81. The SMILES string of the molecule is Cc1nn(C)c(C)c1CNC(=O)N[C@H](C(=O)O)[C@@H](C)O. The van der Waals surface area contributed by atoms with E-state index in [2.05, 4.69) is 15.7 Å². The van der Waals surface area contributed by atoms with Crippen molar-refractivity contribution in [2.45, 2.75) is 39.5 Å². The van der Waals surface area contributed by atoms with Gasteiger partial charge in [-0.25, -0.2) is 9.59 Å². The minimum Gasteiger partial charge on any atom is -0.480 e. The van der Waals surface area contributed by atoms with Gasteiger partial charge in [-0.3, -0.25) is 4.68 Å². The molecule has 0 fully saturated rings. The molecule has 0 aliphatic heterocycles. The van der Waals surface area contributed by atoms with Gasteiger partial charge in [0.25, 0.3) is 0 Å². The molecule has 0 aliphatic carbocycles. The Labute approximate surface area is 116 Å². The topological polar surface area (TPSA) is 116 Å². The fraction of sp³-hybridized carbons (Fsp3) is 0.583. The molecule has 0 saturated heterocycles. The normalized spacial score (nSPS) is 13.7. The molecule has 0 saturated carbocycles. The second-order valence-electron chi connectivity index (χ2n) is 4.66. The molecule has 4 N–H and O–H groups in total. The maximum absolute atomic E-state index is 11.6. The van der Waals surface area contributed by atoms with Crippen LogP contribution in [0.5, 0.6) is 0 Å². The average molecular weight is 284 g/mol. The van der Waals surface area contributed by atoms with Gasteiger partial charge in [0.05, 0.1) is 11.8 Å².